The first kappa shape index (κ1) is 24.1. The van der Waals surface area contributed by atoms with Crippen molar-refractivity contribution < 1.29 is 23.1 Å². The van der Waals surface area contributed by atoms with Gasteiger partial charge in [0.05, 0.1) is 18.9 Å². The number of anilines is 2. The SMILES string of the molecule is CCOC(=O)CN1CCN(c2ccc(NCCO[Si](C)(C)C(C)(C)C)cc2F)C1=O. The van der Waals surface area contributed by atoms with Gasteiger partial charge in [-0.1, -0.05) is 20.8 Å². The molecule has 0 aliphatic carbocycles. The molecular weight excluding hydrogens is 405 g/mol. The monoisotopic (exact) mass is 439 g/mol. The number of hydrogen-bond acceptors (Lipinski definition) is 5. The van der Waals surface area contributed by atoms with Crippen molar-refractivity contribution in [2.75, 3.05) is 49.6 Å². The van der Waals surface area contributed by atoms with Crippen LogP contribution in [0.15, 0.2) is 18.2 Å². The van der Waals surface area contributed by atoms with Crippen LogP contribution in [0.2, 0.25) is 18.1 Å². The van der Waals surface area contributed by atoms with Crippen LogP contribution >= 0.6 is 0 Å². The number of rotatable bonds is 9. The van der Waals surface area contributed by atoms with Crippen LogP contribution in [0.5, 0.6) is 0 Å². The second-order valence-electron chi connectivity index (χ2n) is 8.86. The standard InChI is InChI=1S/C21H34FN3O4Si/c1-7-28-19(26)15-24-11-12-25(20(24)27)18-9-8-16(14-17(18)22)23-10-13-29-30(5,6)21(2,3)4/h8-9,14,23H,7,10-13,15H2,1-6H3. The number of esters is 1. The first-order valence-electron chi connectivity index (χ1n) is 10.4. The third-order valence-corrected chi connectivity index (χ3v) is 10.2. The first-order chi connectivity index (χ1) is 14.0. The average Bonchev–Trinajstić information content (AvgIpc) is 2.98. The molecule has 1 aliphatic heterocycles. The highest BCUT2D eigenvalue weighted by molar-refractivity contribution is 6.74. The van der Waals surface area contributed by atoms with Gasteiger partial charge in [0.2, 0.25) is 0 Å². The van der Waals surface area contributed by atoms with Crippen LogP contribution < -0.4 is 10.2 Å². The van der Waals surface area contributed by atoms with Crippen LogP contribution in [0.25, 0.3) is 0 Å². The smallest absolute Gasteiger partial charge is 0.325 e. The second-order valence-corrected chi connectivity index (χ2v) is 13.7. The van der Waals surface area contributed by atoms with E-state index in [1.54, 1.807) is 19.1 Å². The lowest BCUT2D eigenvalue weighted by atomic mass is 10.2. The quantitative estimate of drug-likeness (QED) is 0.357. The first-order valence-corrected chi connectivity index (χ1v) is 13.3. The lowest BCUT2D eigenvalue weighted by Crippen LogP contribution is -2.41. The summed E-state index contributed by atoms with van der Waals surface area (Å²) in [6.45, 7) is 14.6. The van der Waals surface area contributed by atoms with Gasteiger partial charge in [-0.2, -0.15) is 0 Å². The van der Waals surface area contributed by atoms with E-state index in [9.17, 15) is 14.0 Å². The highest BCUT2D eigenvalue weighted by atomic mass is 28.4. The van der Waals surface area contributed by atoms with Crippen LogP contribution in [0.4, 0.5) is 20.6 Å². The van der Waals surface area contributed by atoms with Gasteiger partial charge < -0.3 is 19.4 Å². The minimum atomic E-state index is -1.81. The van der Waals surface area contributed by atoms with Crippen molar-refractivity contribution in [2.45, 2.75) is 45.8 Å². The molecule has 1 fully saturated rings. The van der Waals surface area contributed by atoms with Gasteiger partial charge in [0, 0.05) is 25.3 Å². The molecule has 0 radical (unpaired) electrons. The fourth-order valence-electron chi connectivity index (χ4n) is 2.87. The molecule has 0 spiro atoms. The van der Waals surface area contributed by atoms with E-state index < -0.39 is 26.1 Å². The summed E-state index contributed by atoms with van der Waals surface area (Å²) >= 11 is 0. The number of ether oxygens (including phenoxy) is 1. The fraction of sp³-hybridized carbons (Fsp3) is 0.619. The number of benzene rings is 1. The molecule has 168 valence electrons. The normalized spacial score (nSPS) is 15.0. The van der Waals surface area contributed by atoms with E-state index in [0.717, 1.165) is 0 Å². The maximum absolute atomic E-state index is 14.7. The molecule has 7 nitrogen and oxygen atoms in total. The largest absolute Gasteiger partial charge is 0.465 e. The minimum absolute atomic E-state index is 0.126. The number of hydrogen-bond donors (Lipinski definition) is 1. The van der Waals surface area contributed by atoms with Gasteiger partial charge in [-0.3, -0.25) is 9.69 Å². The zero-order valence-electron chi connectivity index (χ0n) is 18.9. The highest BCUT2D eigenvalue weighted by Crippen LogP contribution is 2.36. The summed E-state index contributed by atoms with van der Waals surface area (Å²) in [5.41, 5.74) is 0.833. The lowest BCUT2D eigenvalue weighted by molar-refractivity contribution is -0.143. The van der Waals surface area contributed by atoms with Crippen molar-refractivity contribution in [3.05, 3.63) is 24.0 Å². The predicted molar refractivity (Wildman–Crippen MR) is 119 cm³/mol. The molecule has 0 saturated carbocycles. The van der Waals surface area contributed by atoms with Crippen molar-refractivity contribution >= 4 is 31.7 Å². The van der Waals surface area contributed by atoms with Crippen LogP contribution in [-0.2, 0) is 14.0 Å². The second kappa shape index (κ2) is 9.78. The average molecular weight is 440 g/mol. The maximum Gasteiger partial charge on any atom is 0.325 e. The summed E-state index contributed by atoms with van der Waals surface area (Å²) in [5, 5.41) is 3.31. The Morgan fingerprint density at radius 1 is 1.27 bits per heavy atom. The van der Waals surface area contributed by atoms with Gasteiger partial charge in [0.15, 0.2) is 8.32 Å². The minimum Gasteiger partial charge on any atom is -0.465 e. The molecule has 1 N–H and O–H groups in total. The van der Waals surface area contributed by atoms with Crippen LogP contribution in [-0.4, -0.2) is 64.6 Å². The van der Waals surface area contributed by atoms with Crippen molar-refractivity contribution in [3.8, 4) is 0 Å². The zero-order chi connectivity index (χ0) is 22.5. The maximum atomic E-state index is 14.7. The van der Waals surface area contributed by atoms with Gasteiger partial charge in [-0.05, 0) is 43.3 Å². The van der Waals surface area contributed by atoms with Gasteiger partial charge in [-0.15, -0.1) is 0 Å². The Bertz CT molecular complexity index is 767. The molecular formula is C21H34FN3O4Si. The Morgan fingerprint density at radius 2 is 1.97 bits per heavy atom. The summed E-state index contributed by atoms with van der Waals surface area (Å²) in [6, 6.07) is 4.30. The number of halogens is 1. The third kappa shape index (κ3) is 5.95. The number of nitrogens with one attached hydrogen (secondary N) is 1. The zero-order valence-corrected chi connectivity index (χ0v) is 19.9. The molecule has 1 saturated heterocycles. The fourth-order valence-corrected chi connectivity index (χ4v) is 3.91. The molecule has 9 heteroatoms. The van der Waals surface area contributed by atoms with Crippen molar-refractivity contribution in [1.29, 1.82) is 0 Å². The van der Waals surface area contributed by atoms with E-state index in [1.807, 2.05) is 0 Å². The molecule has 0 unspecified atom stereocenters. The molecule has 0 bridgehead atoms. The molecule has 1 heterocycles. The Balaban J connectivity index is 1.91. The van der Waals surface area contributed by atoms with E-state index >= 15 is 0 Å². The number of carbonyl (C=O) groups excluding carboxylic acids is 2. The Morgan fingerprint density at radius 3 is 2.57 bits per heavy atom. The van der Waals surface area contributed by atoms with Crippen LogP contribution in [0, 0.1) is 5.82 Å². The molecule has 0 aromatic heterocycles. The number of amides is 2. The Labute approximate surface area is 179 Å². The van der Waals surface area contributed by atoms with E-state index in [1.165, 1.54) is 15.9 Å². The molecule has 1 aromatic carbocycles. The van der Waals surface area contributed by atoms with E-state index in [-0.39, 0.29) is 23.9 Å². The predicted octanol–water partition coefficient (Wildman–Crippen LogP) is 4.06. The molecule has 30 heavy (non-hydrogen) atoms. The van der Waals surface area contributed by atoms with E-state index in [2.05, 4.69) is 39.2 Å². The van der Waals surface area contributed by atoms with Gasteiger partial charge in [0.1, 0.15) is 12.4 Å². The molecule has 2 rings (SSSR count). The van der Waals surface area contributed by atoms with Gasteiger partial charge in [-0.25, -0.2) is 9.18 Å². The molecule has 2 amide bonds. The van der Waals surface area contributed by atoms with Crippen molar-refractivity contribution in [1.82, 2.24) is 4.90 Å². The molecule has 1 aromatic rings. The summed E-state index contributed by atoms with van der Waals surface area (Å²) in [6.07, 6.45) is 0. The van der Waals surface area contributed by atoms with E-state index in [0.29, 0.717) is 31.9 Å². The number of urea groups is 1. The van der Waals surface area contributed by atoms with Crippen molar-refractivity contribution in [2.24, 2.45) is 0 Å². The van der Waals surface area contributed by atoms with Crippen LogP contribution in [0.3, 0.4) is 0 Å². The summed E-state index contributed by atoms with van der Waals surface area (Å²) in [5.74, 6) is -0.954. The third-order valence-electron chi connectivity index (χ3n) is 5.66. The highest BCUT2D eigenvalue weighted by Gasteiger charge is 2.37. The van der Waals surface area contributed by atoms with Gasteiger partial charge >= 0.3 is 12.0 Å². The van der Waals surface area contributed by atoms with E-state index in [4.69, 9.17) is 9.16 Å². The summed E-state index contributed by atoms with van der Waals surface area (Å²) in [7, 11) is -1.81. The Kier molecular flexibility index (Phi) is 7.87. The molecule has 0 atom stereocenters. The number of carbonyl (C=O) groups is 2. The topological polar surface area (TPSA) is 71.1 Å². The summed E-state index contributed by atoms with van der Waals surface area (Å²) in [4.78, 5) is 26.8. The number of nitrogens with zero attached hydrogens (tertiary/aromatic N) is 2. The van der Waals surface area contributed by atoms with Crippen molar-refractivity contribution in [3.63, 3.8) is 0 Å². The van der Waals surface area contributed by atoms with Crippen LogP contribution in [0.1, 0.15) is 27.7 Å². The van der Waals surface area contributed by atoms with Gasteiger partial charge in [0.25, 0.3) is 0 Å². The molecule has 1 aliphatic rings. The summed E-state index contributed by atoms with van der Waals surface area (Å²) < 4.78 is 25.7. The lowest BCUT2D eigenvalue weighted by Gasteiger charge is -2.36. The Hall–Kier alpha value is -2.13.